The smallest absolute Gasteiger partial charge is 0.243 e. The van der Waals surface area contributed by atoms with Gasteiger partial charge in [-0.1, -0.05) is 6.92 Å². The van der Waals surface area contributed by atoms with Gasteiger partial charge in [0.2, 0.25) is 5.91 Å². The average Bonchev–Trinajstić information content (AvgIpc) is 3.17. The van der Waals surface area contributed by atoms with E-state index >= 15 is 0 Å². The predicted molar refractivity (Wildman–Crippen MR) is 124 cm³/mol. The highest BCUT2D eigenvalue weighted by Crippen LogP contribution is 2.15. The van der Waals surface area contributed by atoms with Crippen LogP contribution in [-0.4, -0.2) is 75.0 Å². The SMILES string of the molecule is CC1CCN(CCCNC(=NCC(=O)N(C)C)NCCc2ccco2)CC1.I. The van der Waals surface area contributed by atoms with Crippen molar-refractivity contribution in [3.05, 3.63) is 24.2 Å². The molecular formula is C20H36IN5O2. The lowest BCUT2D eigenvalue weighted by atomic mass is 9.99. The second kappa shape index (κ2) is 13.8. The molecule has 0 aromatic carbocycles. The summed E-state index contributed by atoms with van der Waals surface area (Å²) in [4.78, 5) is 20.3. The fraction of sp³-hybridized carbons (Fsp3) is 0.700. The molecule has 1 aromatic rings. The van der Waals surface area contributed by atoms with E-state index < -0.39 is 0 Å². The number of likely N-dealkylation sites (N-methyl/N-ethyl adjacent to an activating group) is 1. The molecule has 8 heteroatoms. The van der Waals surface area contributed by atoms with Crippen LogP contribution >= 0.6 is 24.0 Å². The van der Waals surface area contributed by atoms with Crippen molar-refractivity contribution in [2.24, 2.45) is 10.9 Å². The number of guanidine groups is 1. The molecule has 0 aliphatic carbocycles. The topological polar surface area (TPSA) is 73.1 Å². The van der Waals surface area contributed by atoms with Crippen molar-refractivity contribution in [3.8, 4) is 0 Å². The Labute approximate surface area is 186 Å². The molecule has 7 nitrogen and oxygen atoms in total. The number of carbonyl (C=O) groups excluding carboxylic acids is 1. The fourth-order valence-electron chi connectivity index (χ4n) is 3.02. The van der Waals surface area contributed by atoms with E-state index in [4.69, 9.17) is 4.42 Å². The lowest BCUT2D eigenvalue weighted by Crippen LogP contribution is -2.41. The molecule has 1 fully saturated rings. The van der Waals surface area contributed by atoms with Crippen LogP contribution in [0.5, 0.6) is 0 Å². The summed E-state index contributed by atoms with van der Waals surface area (Å²) in [6.45, 7) is 7.56. The van der Waals surface area contributed by atoms with Crippen LogP contribution in [0.2, 0.25) is 0 Å². The van der Waals surface area contributed by atoms with Crippen LogP contribution in [-0.2, 0) is 11.2 Å². The molecule has 0 saturated carbocycles. The maximum Gasteiger partial charge on any atom is 0.243 e. The van der Waals surface area contributed by atoms with Crippen molar-refractivity contribution in [2.45, 2.75) is 32.6 Å². The predicted octanol–water partition coefficient (Wildman–Crippen LogP) is 2.19. The molecule has 2 rings (SSSR count). The summed E-state index contributed by atoms with van der Waals surface area (Å²) in [5, 5.41) is 6.64. The molecule has 28 heavy (non-hydrogen) atoms. The molecule has 2 N–H and O–H groups in total. The molecule has 1 saturated heterocycles. The third-order valence-corrected chi connectivity index (χ3v) is 4.93. The Hall–Kier alpha value is -1.29. The second-order valence-corrected chi connectivity index (χ2v) is 7.51. The van der Waals surface area contributed by atoms with Crippen molar-refractivity contribution in [1.29, 1.82) is 0 Å². The Morgan fingerprint density at radius 1 is 1.29 bits per heavy atom. The molecule has 0 bridgehead atoms. The summed E-state index contributed by atoms with van der Waals surface area (Å²) in [6.07, 6.45) is 6.14. The van der Waals surface area contributed by atoms with Gasteiger partial charge in [-0.25, -0.2) is 4.99 Å². The maximum absolute atomic E-state index is 11.8. The number of likely N-dealkylation sites (tertiary alicyclic amines) is 1. The van der Waals surface area contributed by atoms with Crippen LogP contribution in [0, 0.1) is 5.92 Å². The highest BCUT2D eigenvalue weighted by atomic mass is 127. The van der Waals surface area contributed by atoms with E-state index in [1.807, 2.05) is 12.1 Å². The lowest BCUT2D eigenvalue weighted by molar-refractivity contribution is -0.127. The Kier molecular flexibility index (Phi) is 12.2. The van der Waals surface area contributed by atoms with Crippen LogP contribution in [0.3, 0.4) is 0 Å². The minimum atomic E-state index is -0.00966. The molecule has 0 atom stereocenters. The number of aliphatic imine (C=N–C) groups is 1. The molecule has 0 unspecified atom stereocenters. The minimum Gasteiger partial charge on any atom is -0.469 e. The second-order valence-electron chi connectivity index (χ2n) is 7.51. The van der Waals surface area contributed by atoms with Gasteiger partial charge in [0.05, 0.1) is 6.26 Å². The van der Waals surface area contributed by atoms with Crippen LogP contribution in [0.1, 0.15) is 31.9 Å². The van der Waals surface area contributed by atoms with Crippen molar-refractivity contribution in [3.63, 3.8) is 0 Å². The summed E-state index contributed by atoms with van der Waals surface area (Å²) in [6, 6.07) is 3.85. The van der Waals surface area contributed by atoms with Crippen LogP contribution in [0.15, 0.2) is 27.8 Å². The Morgan fingerprint density at radius 3 is 2.64 bits per heavy atom. The number of furan rings is 1. The molecule has 0 radical (unpaired) electrons. The maximum atomic E-state index is 11.8. The third-order valence-electron chi connectivity index (χ3n) is 4.93. The van der Waals surface area contributed by atoms with E-state index in [0.717, 1.165) is 37.6 Å². The van der Waals surface area contributed by atoms with Crippen molar-refractivity contribution < 1.29 is 9.21 Å². The highest BCUT2D eigenvalue weighted by molar-refractivity contribution is 14.0. The first-order valence-corrected chi connectivity index (χ1v) is 10.0. The normalized spacial score (nSPS) is 15.8. The van der Waals surface area contributed by atoms with Crippen molar-refractivity contribution >= 4 is 35.8 Å². The largest absolute Gasteiger partial charge is 0.469 e. The highest BCUT2D eigenvalue weighted by Gasteiger charge is 2.14. The van der Waals surface area contributed by atoms with Gasteiger partial charge in [-0.3, -0.25) is 4.79 Å². The third kappa shape index (κ3) is 9.77. The zero-order valence-corrected chi connectivity index (χ0v) is 19.8. The number of amides is 1. The number of nitrogens with zero attached hydrogens (tertiary/aromatic N) is 3. The molecule has 160 valence electrons. The Bertz CT molecular complexity index is 569. The summed E-state index contributed by atoms with van der Waals surface area (Å²) < 4.78 is 5.35. The standard InChI is InChI=1S/C20H35N5O2.HI/c1-17-8-13-25(14-9-17)12-5-10-21-20(23-16-19(26)24(2)3)22-11-7-18-6-4-15-27-18;/h4,6,15,17H,5,7-14,16H2,1-3H3,(H2,21,22,23);1H. The number of halogens is 1. The lowest BCUT2D eigenvalue weighted by Gasteiger charge is -2.30. The number of nitrogens with one attached hydrogen (secondary N) is 2. The summed E-state index contributed by atoms with van der Waals surface area (Å²) >= 11 is 0. The van der Waals surface area contributed by atoms with Gasteiger partial charge in [-0.15, -0.1) is 24.0 Å². The number of hydrogen-bond acceptors (Lipinski definition) is 4. The quantitative estimate of drug-likeness (QED) is 0.233. The van der Waals surface area contributed by atoms with E-state index in [9.17, 15) is 4.79 Å². The van der Waals surface area contributed by atoms with Gasteiger partial charge in [0.15, 0.2) is 5.96 Å². The van der Waals surface area contributed by atoms with Crippen LogP contribution in [0.25, 0.3) is 0 Å². The van der Waals surface area contributed by atoms with Gasteiger partial charge in [0.25, 0.3) is 0 Å². The van der Waals surface area contributed by atoms with Gasteiger partial charge in [-0.05, 0) is 56.9 Å². The number of carbonyl (C=O) groups is 1. The van der Waals surface area contributed by atoms with Crippen LogP contribution in [0.4, 0.5) is 0 Å². The minimum absolute atomic E-state index is 0. The van der Waals surface area contributed by atoms with Gasteiger partial charge in [-0.2, -0.15) is 0 Å². The number of hydrogen-bond donors (Lipinski definition) is 2. The zero-order valence-electron chi connectivity index (χ0n) is 17.4. The fourth-order valence-corrected chi connectivity index (χ4v) is 3.02. The van der Waals surface area contributed by atoms with Gasteiger partial charge < -0.3 is 24.9 Å². The van der Waals surface area contributed by atoms with Crippen molar-refractivity contribution in [1.82, 2.24) is 20.4 Å². The van der Waals surface area contributed by atoms with Gasteiger partial charge in [0.1, 0.15) is 12.3 Å². The van der Waals surface area contributed by atoms with Gasteiger partial charge >= 0.3 is 0 Å². The summed E-state index contributed by atoms with van der Waals surface area (Å²) in [5.74, 6) is 2.48. The molecule has 1 amide bonds. The van der Waals surface area contributed by atoms with Crippen LogP contribution < -0.4 is 10.6 Å². The van der Waals surface area contributed by atoms with Gasteiger partial charge in [0, 0.05) is 33.6 Å². The van der Waals surface area contributed by atoms with E-state index in [1.165, 1.54) is 25.9 Å². The zero-order chi connectivity index (χ0) is 19.5. The molecule has 2 heterocycles. The molecule has 0 spiro atoms. The molecule has 1 aliphatic heterocycles. The number of piperidine rings is 1. The summed E-state index contributed by atoms with van der Waals surface area (Å²) in [5.41, 5.74) is 0. The van der Waals surface area contributed by atoms with E-state index in [2.05, 4.69) is 27.4 Å². The molecular weight excluding hydrogens is 469 g/mol. The number of rotatable bonds is 9. The first-order chi connectivity index (χ1) is 13.0. The first-order valence-electron chi connectivity index (χ1n) is 10.0. The first kappa shape index (κ1) is 24.7. The average molecular weight is 505 g/mol. The van der Waals surface area contributed by atoms with Crippen molar-refractivity contribution in [2.75, 3.05) is 53.4 Å². The molecule has 1 aliphatic rings. The van der Waals surface area contributed by atoms with E-state index in [-0.39, 0.29) is 36.4 Å². The van der Waals surface area contributed by atoms with E-state index in [1.54, 1.807) is 25.3 Å². The molecule has 1 aromatic heterocycles. The Morgan fingerprint density at radius 2 is 2.00 bits per heavy atom. The Balaban J connectivity index is 0.00000392. The van der Waals surface area contributed by atoms with E-state index in [0.29, 0.717) is 12.5 Å². The monoisotopic (exact) mass is 505 g/mol. The summed E-state index contributed by atoms with van der Waals surface area (Å²) in [7, 11) is 3.49.